The minimum Gasteiger partial charge on any atom is -0.354 e. The topological polar surface area (TPSA) is 75.3 Å². The molecular formula is C15H27N5O. The van der Waals surface area contributed by atoms with Gasteiger partial charge in [0.25, 0.3) is 0 Å². The summed E-state index contributed by atoms with van der Waals surface area (Å²) in [6.45, 7) is 6.69. The molecule has 2 rings (SSSR count). The lowest BCUT2D eigenvalue weighted by atomic mass is 9.96. The van der Waals surface area contributed by atoms with E-state index in [1.807, 2.05) is 0 Å². The molecule has 1 fully saturated rings. The normalized spacial score (nSPS) is 17.8. The van der Waals surface area contributed by atoms with Gasteiger partial charge in [-0.3, -0.25) is 4.99 Å². The quantitative estimate of drug-likeness (QED) is 0.661. The highest BCUT2D eigenvalue weighted by atomic mass is 16.5. The molecule has 0 radical (unpaired) electrons. The van der Waals surface area contributed by atoms with Gasteiger partial charge < -0.3 is 15.2 Å². The molecule has 0 spiro atoms. The number of nitrogens with zero attached hydrogens (tertiary/aromatic N) is 3. The molecule has 1 aliphatic rings. The zero-order valence-corrected chi connectivity index (χ0v) is 13.6. The summed E-state index contributed by atoms with van der Waals surface area (Å²) in [7, 11) is 1.79. The number of nitrogens with one attached hydrogen (secondary N) is 2. The van der Waals surface area contributed by atoms with E-state index in [-0.39, 0.29) is 5.41 Å². The van der Waals surface area contributed by atoms with E-state index in [1.54, 1.807) is 7.05 Å². The monoisotopic (exact) mass is 293 g/mol. The number of aromatic nitrogens is 2. The predicted molar refractivity (Wildman–Crippen MR) is 83.2 cm³/mol. The molecule has 2 N–H and O–H groups in total. The summed E-state index contributed by atoms with van der Waals surface area (Å²) >= 11 is 0. The number of rotatable bonds is 3. The summed E-state index contributed by atoms with van der Waals surface area (Å²) in [6, 6.07) is 0.528. The Morgan fingerprint density at radius 2 is 2.00 bits per heavy atom. The van der Waals surface area contributed by atoms with Gasteiger partial charge in [-0.15, -0.1) is 0 Å². The minimum atomic E-state index is -0.118. The third-order valence-corrected chi connectivity index (χ3v) is 3.69. The molecule has 0 aliphatic heterocycles. The van der Waals surface area contributed by atoms with E-state index in [1.165, 1.54) is 32.1 Å². The Morgan fingerprint density at radius 3 is 2.57 bits per heavy atom. The van der Waals surface area contributed by atoms with Crippen LogP contribution >= 0.6 is 0 Å². The van der Waals surface area contributed by atoms with Crippen molar-refractivity contribution in [2.75, 3.05) is 7.05 Å². The molecule has 0 unspecified atom stereocenters. The van der Waals surface area contributed by atoms with E-state index in [0.29, 0.717) is 24.3 Å². The van der Waals surface area contributed by atoms with Crippen LogP contribution in [0, 0.1) is 0 Å². The molecular weight excluding hydrogens is 266 g/mol. The van der Waals surface area contributed by atoms with Crippen LogP contribution in [0.1, 0.15) is 64.6 Å². The Balaban J connectivity index is 1.84. The molecule has 118 valence electrons. The molecule has 1 aromatic rings. The van der Waals surface area contributed by atoms with E-state index >= 15 is 0 Å². The maximum Gasteiger partial charge on any atom is 0.232 e. The van der Waals surface area contributed by atoms with Crippen LogP contribution in [-0.4, -0.2) is 29.2 Å². The van der Waals surface area contributed by atoms with Gasteiger partial charge in [0.15, 0.2) is 11.8 Å². The summed E-state index contributed by atoms with van der Waals surface area (Å²) < 4.78 is 5.28. The van der Waals surface area contributed by atoms with Gasteiger partial charge in [-0.25, -0.2) is 0 Å². The number of hydrogen-bond acceptors (Lipinski definition) is 4. The molecule has 6 heteroatoms. The lowest BCUT2D eigenvalue weighted by molar-refractivity contribution is 0.318. The zero-order valence-electron chi connectivity index (χ0n) is 13.6. The van der Waals surface area contributed by atoms with Gasteiger partial charge in [0.2, 0.25) is 5.89 Å². The standard InChI is InChI=1S/C15H27N5O/c1-15(2,3)13-19-12(20-21-13)10-17-14(16-4)18-11-8-6-5-7-9-11/h11H,5-10H2,1-4H3,(H2,16,17,18). The van der Waals surface area contributed by atoms with Gasteiger partial charge in [0.1, 0.15) is 0 Å². The lowest BCUT2D eigenvalue weighted by Gasteiger charge is -2.24. The molecule has 21 heavy (non-hydrogen) atoms. The van der Waals surface area contributed by atoms with Gasteiger partial charge in [-0.05, 0) is 12.8 Å². The van der Waals surface area contributed by atoms with Crippen LogP contribution in [0.3, 0.4) is 0 Å². The van der Waals surface area contributed by atoms with Gasteiger partial charge in [0.05, 0.1) is 6.54 Å². The number of guanidine groups is 1. The third-order valence-electron chi connectivity index (χ3n) is 3.69. The number of aliphatic imine (C=N–C) groups is 1. The van der Waals surface area contributed by atoms with Crippen LogP contribution in [0.4, 0.5) is 0 Å². The fourth-order valence-electron chi connectivity index (χ4n) is 2.43. The second-order valence-corrected chi connectivity index (χ2v) is 6.67. The first-order valence-electron chi connectivity index (χ1n) is 7.79. The van der Waals surface area contributed by atoms with Crippen molar-refractivity contribution in [1.29, 1.82) is 0 Å². The van der Waals surface area contributed by atoms with Gasteiger partial charge in [0, 0.05) is 18.5 Å². The molecule has 0 amide bonds. The Kier molecular flexibility index (Phi) is 5.20. The average Bonchev–Trinajstić information content (AvgIpc) is 2.93. The van der Waals surface area contributed by atoms with E-state index < -0.39 is 0 Å². The Morgan fingerprint density at radius 1 is 1.29 bits per heavy atom. The van der Waals surface area contributed by atoms with Crippen molar-refractivity contribution in [3.8, 4) is 0 Å². The van der Waals surface area contributed by atoms with Crippen molar-refractivity contribution >= 4 is 5.96 Å². The first-order valence-corrected chi connectivity index (χ1v) is 7.79. The van der Waals surface area contributed by atoms with Crippen LogP contribution < -0.4 is 10.6 Å². The molecule has 0 aromatic carbocycles. The van der Waals surface area contributed by atoms with Gasteiger partial charge in [-0.1, -0.05) is 45.2 Å². The summed E-state index contributed by atoms with van der Waals surface area (Å²) in [4.78, 5) is 8.67. The predicted octanol–water partition coefficient (Wildman–Crippen LogP) is 2.36. The average molecular weight is 293 g/mol. The highest BCUT2D eigenvalue weighted by Gasteiger charge is 2.21. The summed E-state index contributed by atoms with van der Waals surface area (Å²) in [6.07, 6.45) is 6.39. The van der Waals surface area contributed by atoms with Crippen LogP contribution in [-0.2, 0) is 12.0 Å². The van der Waals surface area contributed by atoms with Crippen LogP contribution in [0.25, 0.3) is 0 Å². The molecule has 0 bridgehead atoms. The first kappa shape index (κ1) is 15.8. The second-order valence-electron chi connectivity index (χ2n) is 6.67. The van der Waals surface area contributed by atoms with E-state index in [0.717, 1.165) is 5.96 Å². The first-order chi connectivity index (χ1) is 9.99. The Labute approximate surface area is 126 Å². The third kappa shape index (κ3) is 4.72. The minimum absolute atomic E-state index is 0.118. The maximum absolute atomic E-state index is 5.28. The summed E-state index contributed by atoms with van der Waals surface area (Å²) in [5.41, 5.74) is -0.118. The molecule has 0 saturated heterocycles. The highest BCUT2D eigenvalue weighted by molar-refractivity contribution is 5.79. The van der Waals surface area contributed by atoms with Gasteiger partial charge in [-0.2, -0.15) is 4.98 Å². The fraction of sp³-hybridized carbons (Fsp3) is 0.800. The summed E-state index contributed by atoms with van der Waals surface area (Å²) in [5.74, 6) is 2.13. The van der Waals surface area contributed by atoms with Crippen LogP contribution in [0.15, 0.2) is 9.52 Å². The molecule has 1 heterocycles. The van der Waals surface area contributed by atoms with Crippen molar-refractivity contribution in [1.82, 2.24) is 20.8 Å². The molecule has 0 atom stereocenters. The van der Waals surface area contributed by atoms with E-state index in [2.05, 4.69) is 46.5 Å². The van der Waals surface area contributed by atoms with Crippen molar-refractivity contribution in [2.45, 2.75) is 70.9 Å². The molecule has 1 aromatic heterocycles. The highest BCUT2D eigenvalue weighted by Crippen LogP contribution is 2.19. The Hall–Kier alpha value is -1.59. The smallest absolute Gasteiger partial charge is 0.232 e. The Bertz CT molecular complexity index is 469. The molecule has 1 saturated carbocycles. The lowest BCUT2D eigenvalue weighted by Crippen LogP contribution is -2.43. The van der Waals surface area contributed by atoms with Crippen molar-refractivity contribution < 1.29 is 4.52 Å². The molecule has 1 aliphatic carbocycles. The van der Waals surface area contributed by atoms with Crippen molar-refractivity contribution in [3.63, 3.8) is 0 Å². The van der Waals surface area contributed by atoms with Crippen LogP contribution in [0.5, 0.6) is 0 Å². The van der Waals surface area contributed by atoms with Crippen LogP contribution in [0.2, 0.25) is 0 Å². The number of hydrogen-bond donors (Lipinski definition) is 2. The zero-order chi connectivity index (χ0) is 15.3. The maximum atomic E-state index is 5.28. The fourth-order valence-corrected chi connectivity index (χ4v) is 2.43. The second kappa shape index (κ2) is 6.91. The van der Waals surface area contributed by atoms with E-state index in [9.17, 15) is 0 Å². The molecule has 6 nitrogen and oxygen atoms in total. The van der Waals surface area contributed by atoms with Crippen molar-refractivity contribution in [2.24, 2.45) is 4.99 Å². The largest absolute Gasteiger partial charge is 0.354 e. The van der Waals surface area contributed by atoms with E-state index in [4.69, 9.17) is 4.52 Å². The summed E-state index contributed by atoms with van der Waals surface area (Å²) in [5, 5.41) is 10.7. The van der Waals surface area contributed by atoms with Crippen molar-refractivity contribution in [3.05, 3.63) is 11.7 Å². The SMILES string of the molecule is CN=C(NCc1noc(C(C)(C)C)n1)NC1CCCCC1. The van der Waals surface area contributed by atoms with Gasteiger partial charge >= 0.3 is 0 Å².